The Kier molecular flexibility index (Phi) is 6.53. The minimum Gasteiger partial charge on any atom is -0.332 e. The van der Waals surface area contributed by atoms with E-state index in [1.807, 2.05) is 35.4 Å². The predicted molar refractivity (Wildman–Crippen MR) is 117 cm³/mol. The molecule has 4 rings (SSSR count). The van der Waals surface area contributed by atoms with Gasteiger partial charge in [-0.05, 0) is 31.4 Å². The Morgan fingerprint density at radius 2 is 1.90 bits per heavy atom. The minimum absolute atomic E-state index is 0.152. The third-order valence-electron chi connectivity index (χ3n) is 6.06. The number of guanidine groups is 1. The van der Waals surface area contributed by atoms with Crippen molar-refractivity contribution in [2.45, 2.75) is 63.5 Å². The summed E-state index contributed by atoms with van der Waals surface area (Å²) in [4.78, 5) is 19.3. The topological polar surface area (TPSA) is 84.1 Å². The summed E-state index contributed by atoms with van der Waals surface area (Å²) in [6, 6.07) is 7.56. The summed E-state index contributed by atoms with van der Waals surface area (Å²) < 4.78 is 0. The van der Waals surface area contributed by atoms with E-state index in [1.54, 1.807) is 5.01 Å². The van der Waals surface area contributed by atoms with Gasteiger partial charge in [-0.25, -0.2) is 10.0 Å². The van der Waals surface area contributed by atoms with Crippen molar-refractivity contribution in [1.29, 1.82) is 5.26 Å². The van der Waals surface area contributed by atoms with Crippen LogP contribution in [-0.4, -0.2) is 52.7 Å². The van der Waals surface area contributed by atoms with Gasteiger partial charge in [0.1, 0.15) is 0 Å². The molecular weight excluding hydrogens is 400 g/mol. The minimum atomic E-state index is -0.166. The monoisotopic (exact) mass is 426 g/mol. The van der Waals surface area contributed by atoms with Gasteiger partial charge in [0.15, 0.2) is 6.19 Å². The fourth-order valence-corrected chi connectivity index (χ4v) is 4.64. The molecule has 0 bridgehead atoms. The van der Waals surface area contributed by atoms with Gasteiger partial charge in [0.05, 0.1) is 24.3 Å². The lowest BCUT2D eigenvalue weighted by Gasteiger charge is -2.26. The molecule has 1 aromatic carbocycles. The van der Waals surface area contributed by atoms with Crippen molar-refractivity contribution < 1.29 is 4.79 Å². The molecule has 2 aliphatic heterocycles. The van der Waals surface area contributed by atoms with E-state index in [4.69, 9.17) is 21.7 Å². The molecule has 1 N–H and O–H groups in total. The van der Waals surface area contributed by atoms with Crippen LogP contribution in [0.3, 0.4) is 0 Å². The molecule has 30 heavy (non-hydrogen) atoms. The van der Waals surface area contributed by atoms with Gasteiger partial charge >= 0.3 is 0 Å². The highest BCUT2D eigenvalue weighted by atomic mass is 35.5. The van der Waals surface area contributed by atoms with Gasteiger partial charge in [0.2, 0.25) is 11.9 Å². The number of hydrogen-bond donors (Lipinski definition) is 1. The number of hydrogen-bond acceptors (Lipinski definition) is 4. The number of carbonyl (C=O) groups excluding carboxylic acids is 1. The Balaban J connectivity index is 1.65. The molecule has 2 heterocycles. The summed E-state index contributed by atoms with van der Waals surface area (Å²) in [7, 11) is 0. The van der Waals surface area contributed by atoms with Crippen molar-refractivity contribution in [3.63, 3.8) is 0 Å². The molecule has 2 fully saturated rings. The molecule has 1 aliphatic carbocycles. The molecule has 7 nitrogen and oxygen atoms in total. The first-order valence-electron chi connectivity index (χ1n) is 10.8. The fraction of sp³-hybridized carbons (Fsp3) is 0.545. The number of nitrogens with one attached hydrogen (secondary N) is 1. The zero-order valence-electron chi connectivity index (χ0n) is 17.1. The van der Waals surface area contributed by atoms with Crippen LogP contribution in [-0.2, 0) is 4.79 Å². The number of likely N-dealkylation sites (tertiary alicyclic amines) is 1. The molecule has 1 amide bonds. The van der Waals surface area contributed by atoms with Crippen LogP contribution in [0.15, 0.2) is 34.4 Å². The van der Waals surface area contributed by atoms with Crippen molar-refractivity contribution in [2.24, 2.45) is 10.1 Å². The van der Waals surface area contributed by atoms with E-state index in [9.17, 15) is 10.1 Å². The van der Waals surface area contributed by atoms with Crippen LogP contribution in [0, 0.1) is 11.5 Å². The number of amides is 1. The second-order valence-corrected chi connectivity index (χ2v) is 8.55. The molecule has 0 aromatic heterocycles. The molecular formula is C22H27ClN6O. The SMILES string of the molecule is N#CNC(=NC1CCCCCC1)N1CC(N2CCCC2=O)C(c2ccc(Cl)cc2)=N1. The Hall–Kier alpha value is -2.59. The highest BCUT2D eigenvalue weighted by Gasteiger charge is 2.38. The van der Waals surface area contributed by atoms with Crippen molar-refractivity contribution in [3.8, 4) is 6.19 Å². The number of nitrogens with zero attached hydrogens (tertiary/aromatic N) is 5. The van der Waals surface area contributed by atoms with Crippen molar-refractivity contribution in [2.75, 3.05) is 13.1 Å². The maximum atomic E-state index is 12.5. The zero-order valence-corrected chi connectivity index (χ0v) is 17.8. The summed E-state index contributed by atoms with van der Waals surface area (Å²) in [6.07, 6.45) is 10.3. The number of aliphatic imine (C=N–C) groups is 1. The number of halogens is 1. The standard InChI is InChI=1S/C22H27ClN6O/c23-17-11-9-16(10-12-17)21-19(28-13-5-8-20(28)30)14-29(27-21)22(25-15-24)26-18-6-3-1-2-4-7-18/h9-12,18-19H,1-8,13-14H2,(H,25,26). The molecule has 3 aliphatic rings. The van der Waals surface area contributed by atoms with Crippen LogP contribution in [0.1, 0.15) is 56.9 Å². The first kappa shape index (κ1) is 20.7. The number of carbonyl (C=O) groups is 1. The third kappa shape index (κ3) is 4.59. The Labute approximate surface area is 182 Å². The van der Waals surface area contributed by atoms with Gasteiger partial charge in [0.25, 0.3) is 0 Å². The number of hydrazone groups is 1. The predicted octanol–water partition coefficient (Wildman–Crippen LogP) is 3.50. The third-order valence-corrected chi connectivity index (χ3v) is 6.31. The average molecular weight is 427 g/mol. The fourth-order valence-electron chi connectivity index (χ4n) is 4.51. The van der Waals surface area contributed by atoms with E-state index >= 15 is 0 Å². The van der Waals surface area contributed by atoms with E-state index < -0.39 is 0 Å². The molecule has 1 saturated carbocycles. The maximum Gasteiger partial charge on any atom is 0.228 e. The van der Waals surface area contributed by atoms with E-state index in [0.717, 1.165) is 49.9 Å². The summed E-state index contributed by atoms with van der Waals surface area (Å²) >= 11 is 6.07. The van der Waals surface area contributed by atoms with Crippen LogP contribution in [0.4, 0.5) is 0 Å². The van der Waals surface area contributed by atoms with E-state index in [-0.39, 0.29) is 18.0 Å². The van der Waals surface area contributed by atoms with Crippen LogP contribution >= 0.6 is 11.6 Å². The normalized spacial score (nSPS) is 23.3. The quantitative estimate of drug-likeness (QED) is 0.263. The number of rotatable bonds is 3. The first-order valence-corrected chi connectivity index (χ1v) is 11.2. The smallest absolute Gasteiger partial charge is 0.228 e. The average Bonchev–Trinajstić information content (AvgIpc) is 3.27. The van der Waals surface area contributed by atoms with E-state index in [2.05, 4.69) is 5.32 Å². The molecule has 8 heteroatoms. The Morgan fingerprint density at radius 1 is 1.17 bits per heavy atom. The van der Waals surface area contributed by atoms with Gasteiger partial charge in [-0.1, -0.05) is 49.4 Å². The largest absolute Gasteiger partial charge is 0.332 e. The molecule has 158 valence electrons. The molecule has 1 saturated heterocycles. The van der Waals surface area contributed by atoms with Gasteiger partial charge in [0, 0.05) is 23.6 Å². The van der Waals surface area contributed by atoms with Crippen molar-refractivity contribution >= 4 is 29.2 Å². The molecule has 0 radical (unpaired) electrons. The maximum absolute atomic E-state index is 12.5. The van der Waals surface area contributed by atoms with Gasteiger partial charge in [-0.3, -0.25) is 10.1 Å². The lowest BCUT2D eigenvalue weighted by Crippen LogP contribution is -2.46. The highest BCUT2D eigenvalue weighted by molar-refractivity contribution is 6.30. The summed E-state index contributed by atoms with van der Waals surface area (Å²) in [5.74, 6) is 0.629. The first-order chi connectivity index (χ1) is 14.7. The molecule has 1 atom stereocenters. The molecule has 0 spiro atoms. The van der Waals surface area contributed by atoms with Crippen LogP contribution < -0.4 is 5.32 Å². The van der Waals surface area contributed by atoms with E-state index in [1.165, 1.54) is 12.8 Å². The van der Waals surface area contributed by atoms with Crippen LogP contribution in [0.5, 0.6) is 0 Å². The van der Waals surface area contributed by atoms with Crippen LogP contribution in [0.2, 0.25) is 5.02 Å². The van der Waals surface area contributed by atoms with Gasteiger partial charge in [-0.2, -0.15) is 10.4 Å². The van der Waals surface area contributed by atoms with Crippen LogP contribution in [0.25, 0.3) is 0 Å². The van der Waals surface area contributed by atoms with E-state index in [0.29, 0.717) is 23.9 Å². The van der Waals surface area contributed by atoms with Crippen molar-refractivity contribution in [3.05, 3.63) is 34.9 Å². The Morgan fingerprint density at radius 3 is 2.53 bits per heavy atom. The lowest BCUT2D eigenvalue weighted by atomic mass is 10.0. The zero-order chi connectivity index (χ0) is 20.9. The number of benzene rings is 1. The molecule has 1 aromatic rings. The highest BCUT2D eigenvalue weighted by Crippen LogP contribution is 2.25. The second-order valence-electron chi connectivity index (χ2n) is 8.12. The van der Waals surface area contributed by atoms with Gasteiger partial charge in [-0.15, -0.1) is 0 Å². The van der Waals surface area contributed by atoms with Gasteiger partial charge < -0.3 is 4.90 Å². The lowest BCUT2D eigenvalue weighted by molar-refractivity contribution is -0.128. The molecule has 1 unspecified atom stereocenters. The summed E-state index contributed by atoms with van der Waals surface area (Å²) in [5.41, 5.74) is 1.74. The summed E-state index contributed by atoms with van der Waals surface area (Å²) in [5, 5.41) is 19.3. The Bertz CT molecular complexity index is 867. The second kappa shape index (κ2) is 9.48. The number of nitriles is 1. The summed E-state index contributed by atoms with van der Waals surface area (Å²) in [6.45, 7) is 1.22. The van der Waals surface area contributed by atoms with Crippen molar-refractivity contribution in [1.82, 2.24) is 15.2 Å².